The van der Waals surface area contributed by atoms with E-state index >= 15 is 0 Å². The van der Waals surface area contributed by atoms with Gasteiger partial charge >= 0.3 is 6.03 Å². The number of halogens is 1. The van der Waals surface area contributed by atoms with Gasteiger partial charge in [0.15, 0.2) is 11.5 Å². The first-order valence-corrected chi connectivity index (χ1v) is 10.8. The van der Waals surface area contributed by atoms with Crippen LogP contribution in [0.2, 0.25) is 5.02 Å². The number of carbonyl (C=O) groups excluding carboxylic acids is 1. The molecule has 2 aliphatic heterocycles. The predicted molar refractivity (Wildman–Crippen MR) is 121 cm³/mol. The van der Waals surface area contributed by atoms with E-state index in [4.69, 9.17) is 25.8 Å². The number of benzene rings is 2. The van der Waals surface area contributed by atoms with Crippen LogP contribution in [0.15, 0.2) is 47.3 Å². The van der Waals surface area contributed by atoms with Gasteiger partial charge in [0.1, 0.15) is 0 Å². The maximum Gasteiger partial charge on any atom is 0.322 e. The molecule has 32 heavy (non-hydrogen) atoms. The number of carbonyl (C=O) groups is 1. The molecule has 0 radical (unpaired) electrons. The molecule has 166 valence electrons. The first kappa shape index (κ1) is 20.7. The van der Waals surface area contributed by atoms with Crippen LogP contribution in [0.25, 0.3) is 10.9 Å². The van der Waals surface area contributed by atoms with E-state index in [1.807, 2.05) is 6.07 Å². The molecule has 1 saturated heterocycles. The molecule has 2 amide bonds. The molecule has 5 rings (SSSR count). The molecule has 9 heteroatoms. The topological polar surface area (TPSA) is 92.9 Å². The molecule has 0 aliphatic carbocycles. The Labute approximate surface area is 189 Å². The van der Waals surface area contributed by atoms with Crippen LogP contribution in [0.5, 0.6) is 11.5 Å². The van der Waals surface area contributed by atoms with Crippen LogP contribution in [0.4, 0.5) is 10.5 Å². The summed E-state index contributed by atoms with van der Waals surface area (Å²) >= 11 is 6.21. The largest absolute Gasteiger partial charge is 0.454 e. The van der Waals surface area contributed by atoms with Crippen molar-refractivity contribution in [3.8, 4) is 11.5 Å². The van der Waals surface area contributed by atoms with Gasteiger partial charge in [-0.1, -0.05) is 23.7 Å². The lowest BCUT2D eigenvalue weighted by atomic mass is 10.1. The molecule has 1 fully saturated rings. The highest BCUT2D eigenvalue weighted by Gasteiger charge is 2.24. The Morgan fingerprint density at radius 3 is 2.78 bits per heavy atom. The number of fused-ring (bicyclic) bond motifs is 2. The first-order chi connectivity index (χ1) is 15.6. The molecule has 0 saturated carbocycles. The van der Waals surface area contributed by atoms with Crippen molar-refractivity contribution < 1.29 is 19.0 Å². The predicted octanol–water partition coefficient (Wildman–Crippen LogP) is 4.12. The van der Waals surface area contributed by atoms with Crippen molar-refractivity contribution in [3.63, 3.8) is 0 Å². The van der Waals surface area contributed by atoms with E-state index in [-0.39, 0.29) is 31.0 Å². The molecule has 8 nitrogen and oxygen atoms in total. The van der Waals surface area contributed by atoms with Crippen molar-refractivity contribution in [2.24, 2.45) is 0 Å². The lowest BCUT2D eigenvalue weighted by Crippen LogP contribution is -2.40. The van der Waals surface area contributed by atoms with Gasteiger partial charge in [-0.3, -0.25) is 4.79 Å². The quantitative estimate of drug-likeness (QED) is 0.603. The molecular weight excluding hydrogens is 434 g/mol. The average molecular weight is 456 g/mol. The molecule has 0 bridgehead atoms. The van der Waals surface area contributed by atoms with Crippen LogP contribution in [-0.4, -0.2) is 42.0 Å². The third-order valence-corrected chi connectivity index (χ3v) is 5.96. The van der Waals surface area contributed by atoms with E-state index in [9.17, 15) is 9.59 Å². The van der Waals surface area contributed by atoms with E-state index in [1.54, 1.807) is 41.3 Å². The monoisotopic (exact) mass is 455 g/mol. The number of H-pyrrole nitrogens is 1. The van der Waals surface area contributed by atoms with Gasteiger partial charge in [0.2, 0.25) is 6.79 Å². The Morgan fingerprint density at radius 2 is 2.00 bits per heavy atom. The number of para-hydroxylation sites is 1. The minimum absolute atomic E-state index is 0.0691. The molecule has 3 heterocycles. The molecule has 1 atom stereocenters. The summed E-state index contributed by atoms with van der Waals surface area (Å²) in [5.41, 5.74) is 1.36. The summed E-state index contributed by atoms with van der Waals surface area (Å²) in [6.07, 6.45) is 1.75. The molecule has 1 aromatic heterocycles. The second-order valence-corrected chi connectivity index (χ2v) is 8.25. The zero-order valence-electron chi connectivity index (χ0n) is 17.2. The molecular formula is C23H22ClN3O5. The van der Waals surface area contributed by atoms with Gasteiger partial charge in [-0.05, 0) is 37.1 Å². The van der Waals surface area contributed by atoms with E-state index in [0.29, 0.717) is 46.4 Å². The Hall–Kier alpha value is -3.23. The zero-order valence-corrected chi connectivity index (χ0v) is 18.0. The smallest absolute Gasteiger partial charge is 0.322 e. The highest BCUT2D eigenvalue weighted by atomic mass is 35.5. The zero-order chi connectivity index (χ0) is 22.1. The Balaban J connectivity index is 1.43. The Morgan fingerprint density at radius 1 is 1.19 bits per heavy atom. The fraction of sp³-hybridized carbons (Fsp3) is 0.304. The van der Waals surface area contributed by atoms with Crippen molar-refractivity contribution in [1.29, 1.82) is 0 Å². The van der Waals surface area contributed by atoms with E-state index in [0.717, 1.165) is 18.2 Å². The van der Waals surface area contributed by atoms with Crippen LogP contribution in [0.1, 0.15) is 18.4 Å². The normalized spacial score (nSPS) is 17.0. The van der Waals surface area contributed by atoms with Crippen molar-refractivity contribution in [2.45, 2.75) is 25.5 Å². The van der Waals surface area contributed by atoms with E-state index in [2.05, 4.69) is 10.3 Å². The number of aromatic amines is 1. The summed E-state index contributed by atoms with van der Waals surface area (Å²) < 4.78 is 16.6. The van der Waals surface area contributed by atoms with E-state index in [1.165, 1.54) is 0 Å². The summed E-state index contributed by atoms with van der Waals surface area (Å²) in [5.74, 6) is 1.23. The molecule has 2 aliphatic rings. The summed E-state index contributed by atoms with van der Waals surface area (Å²) in [7, 11) is 0. The van der Waals surface area contributed by atoms with Crippen molar-refractivity contribution in [3.05, 3.63) is 63.4 Å². The fourth-order valence-corrected chi connectivity index (χ4v) is 4.16. The van der Waals surface area contributed by atoms with Crippen LogP contribution in [0, 0.1) is 0 Å². The maximum atomic E-state index is 13.1. The summed E-state index contributed by atoms with van der Waals surface area (Å²) in [5, 5.41) is 4.09. The first-order valence-electron chi connectivity index (χ1n) is 10.4. The number of pyridine rings is 1. The number of anilines is 1. The molecule has 3 aromatic rings. The van der Waals surface area contributed by atoms with Gasteiger partial charge in [0, 0.05) is 30.2 Å². The highest BCUT2D eigenvalue weighted by Crippen LogP contribution is 2.35. The fourth-order valence-electron chi connectivity index (χ4n) is 3.97. The number of aromatic nitrogens is 1. The number of nitrogens with one attached hydrogen (secondary N) is 2. The number of amides is 2. The summed E-state index contributed by atoms with van der Waals surface area (Å²) in [4.78, 5) is 30.4. The molecule has 2 N–H and O–H groups in total. The van der Waals surface area contributed by atoms with Gasteiger partial charge in [0.05, 0.1) is 28.9 Å². The van der Waals surface area contributed by atoms with Gasteiger partial charge in [-0.15, -0.1) is 0 Å². The number of hydrogen-bond donors (Lipinski definition) is 2. The number of nitrogens with zero attached hydrogens (tertiary/aromatic N) is 1. The Bertz CT molecular complexity index is 1220. The van der Waals surface area contributed by atoms with Crippen LogP contribution >= 0.6 is 11.6 Å². The molecule has 0 spiro atoms. The van der Waals surface area contributed by atoms with Gasteiger partial charge in [-0.2, -0.15) is 0 Å². The maximum absolute atomic E-state index is 13.1. The Kier molecular flexibility index (Phi) is 5.63. The van der Waals surface area contributed by atoms with Crippen molar-refractivity contribution in [1.82, 2.24) is 9.88 Å². The standard InChI is InChI=1S/C23H22ClN3O5/c24-17-5-1-2-6-18(17)26-23(29)27(12-16-4-3-7-30-16)11-15-8-14-9-20-21(32-13-31-20)10-19(14)25-22(15)28/h1-2,5-6,8-10,16H,3-4,7,11-13H2,(H,25,28)(H,26,29)/t16-/m0/s1. The molecule has 0 unspecified atom stereocenters. The van der Waals surface area contributed by atoms with Crippen molar-refractivity contribution in [2.75, 3.05) is 25.3 Å². The average Bonchev–Trinajstić information content (AvgIpc) is 3.45. The van der Waals surface area contributed by atoms with Crippen LogP contribution < -0.4 is 20.3 Å². The SMILES string of the molecule is O=C(Nc1ccccc1Cl)N(Cc1cc2cc3c(cc2[nH]c1=O)OCO3)C[C@@H]1CCCO1. The highest BCUT2D eigenvalue weighted by molar-refractivity contribution is 6.33. The lowest BCUT2D eigenvalue weighted by Gasteiger charge is -2.26. The van der Waals surface area contributed by atoms with Gasteiger partial charge < -0.3 is 29.4 Å². The number of rotatable bonds is 5. The summed E-state index contributed by atoms with van der Waals surface area (Å²) in [6.45, 7) is 1.32. The second-order valence-electron chi connectivity index (χ2n) is 7.84. The minimum Gasteiger partial charge on any atom is -0.454 e. The number of hydrogen-bond acceptors (Lipinski definition) is 5. The van der Waals surface area contributed by atoms with Crippen LogP contribution in [-0.2, 0) is 11.3 Å². The van der Waals surface area contributed by atoms with Gasteiger partial charge in [0.25, 0.3) is 5.56 Å². The number of urea groups is 1. The van der Waals surface area contributed by atoms with Crippen molar-refractivity contribution >= 4 is 34.2 Å². The molecule has 2 aromatic carbocycles. The van der Waals surface area contributed by atoms with E-state index < -0.39 is 0 Å². The number of ether oxygens (including phenoxy) is 3. The minimum atomic E-state index is -0.348. The third kappa shape index (κ3) is 4.24. The second kappa shape index (κ2) is 8.72. The lowest BCUT2D eigenvalue weighted by molar-refractivity contribution is 0.0818. The van der Waals surface area contributed by atoms with Crippen LogP contribution in [0.3, 0.4) is 0 Å². The van der Waals surface area contributed by atoms with Gasteiger partial charge in [-0.25, -0.2) is 4.79 Å². The summed E-state index contributed by atoms with van der Waals surface area (Å²) in [6, 6.07) is 12.0. The third-order valence-electron chi connectivity index (χ3n) is 5.63.